The fraction of sp³-hybridized carbons (Fsp3) is 0.964. The van der Waals surface area contributed by atoms with E-state index in [4.69, 9.17) is 28.4 Å². The van der Waals surface area contributed by atoms with E-state index < -0.39 is 92.7 Å². The third-order valence-electron chi connectivity index (χ3n) is 14.3. The maximum absolute atomic E-state index is 13.1. The zero-order chi connectivity index (χ0) is 51.7. The summed E-state index contributed by atoms with van der Waals surface area (Å²) in [4.78, 5) is 25.9. The van der Waals surface area contributed by atoms with E-state index in [-0.39, 0.29) is 26.1 Å². The van der Waals surface area contributed by atoms with Gasteiger partial charge in [0.25, 0.3) is 0 Å². The van der Waals surface area contributed by atoms with Crippen molar-refractivity contribution >= 4 is 11.9 Å². The van der Waals surface area contributed by atoms with Crippen molar-refractivity contribution in [1.82, 2.24) is 0 Å². The summed E-state index contributed by atoms with van der Waals surface area (Å²) in [5, 5.41) is 72.2. The molecule has 15 heteroatoms. The Morgan fingerprint density at radius 2 is 0.718 bits per heavy atom. The van der Waals surface area contributed by atoms with E-state index in [1.54, 1.807) is 0 Å². The molecule has 15 nitrogen and oxygen atoms in total. The Labute approximate surface area is 429 Å². The minimum absolute atomic E-state index is 0.174. The Bertz CT molecular complexity index is 1240. The van der Waals surface area contributed by atoms with E-state index in [9.17, 15) is 45.3 Å². The number of aliphatic hydroxyl groups excluding tert-OH is 7. The van der Waals surface area contributed by atoms with Gasteiger partial charge in [-0.1, -0.05) is 226 Å². The van der Waals surface area contributed by atoms with Crippen molar-refractivity contribution in [3.63, 3.8) is 0 Å². The van der Waals surface area contributed by atoms with E-state index in [2.05, 4.69) is 13.8 Å². The molecule has 0 spiro atoms. The van der Waals surface area contributed by atoms with Gasteiger partial charge in [0.1, 0.15) is 55.4 Å². The van der Waals surface area contributed by atoms with E-state index in [1.165, 1.54) is 173 Å². The molecule has 11 atom stereocenters. The first kappa shape index (κ1) is 65.6. The van der Waals surface area contributed by atoms with Crippen LogP contribution in [-0.2, 0) is 38.0 Å². The summed E-state index contributed by atoms with van der Waals surface area (Å²) in [6.07, 6.45) is 26.9. The van der Waals surface area contributed by atoms with Gasteiger partial charge in [0.2, 0.25) is 0 Å². The molecule has 2 saturated heterocycles. The molecule has 0 amide bonds. The summed E-state index contributed by atoms with van der Waals surface area (Å²) in [6, 6.07) is 0. The Balaban J connectivity index is 1.75. The van der Waals surface area contributed by atoms with Gasteiger partial charge in [0.15, 0.2) is 18.7 Å². The van der Waals surface area contributed by atoms with Gasteiger partial charge < -0.3 is 64.2 Å². The van der Waals surface area contributed by atoms with Crippen LogP contribution in [0.25, 0.3) is 0 Å². The Morgan fingerprint density at radius 1 is 0.394 bits per heavy atom. The molecule has 0 aliphatic carbocycles. The van der Waals surface area contributed by atoms with Crippen LogP contribution in [-0.4, -0.2) is 142 Å². The second-order valence-corrected chi connectivity index (χ2v) is 20.8. The summed E-state index contributed by atoms with van der Waals surface area (Å²) in [7, 11) is 0. The van der Waals surface area contributed by atoms with Gasteiger partial charge in [-0.2, -0.15) is 0 Å². The standard InChI is InChI=1S/C56H106O15/c1-3-5-7-9-11-13-15-17-19-21-23-25-27-29-31-33-35-37-39-48(59)69-44(41-66-47(58)38-36-34-32-30-28-26-24-22-20-18-16-14-12-10-8-6-4-2)42-67-55-54(65)52(63)50(61)46(71-55)43-68-56-53(64)51(62)49(60)45(40-57)70-56/h44-46,49-57,60-65H,3-43H2,1-2H3. The molecular formula is C56H106O15. The molecule has 2 fully saturated rings. The van der Waals surface area contributed by atoms with Crippen molar-refractivity contribution in [2.24, 2.45) is 0 Å². The van der Waals surface area contributed by atoms with Crippen molar-refractivity contribution in [3.8, 4) is 0 Å². The summed E-state index contributed by atoms with van der Waals surface area (Å²) in [5.41, 5.74) is 0. The van der Waals surface area contributed by atoms with Gasteiger partial charge in [-0.05, 0) is 12.8 Å². The van der Waals surface area contributed by atoms with Crippen LogP contribution in [0.1, 0.15) is 251 Å². The minimum Gasteiger partial charge on any atom is -0.462 e. The topological polar surface area (TPSA) is 231 Å². The maximum atomic E-state index is 13.1. The summed E-state index contributed by atoms with van der Waals surface area (Å²) >= 11 is 0. The smallest absolute Gasteiger partial charge is 0.306 e. The van der Waals surface area contributed by atoms with Crippen LogP contribution in [0.4, 0.5) is 0 Å². The first-order valence-electron chi connectivity index (χ1n) is 29.1. The predicted octanol–water partition coefficient (Wildman–Crippen LogP) is 9.56. The molecule has 7 N–H and O–H groups in total. The van der Waals surface area contributed by atoms with E-state index in [0.717, 1.165) is 38.5 Å². The average Bonchev–Trinajstić information content (AvgIpc) is 3.36. The molecule has 2 rings (SSSR count). The number of hydrogen-bond donors (Lipinski definition) is 7. The zero-order valence-electron chi connectivity index (χ0n) is 44.7. The molecule has 0 aromatic carbocycles. The van der Waals surface area contributed by atoms with Crippen LogP contribution in [0, 0.1) is 0 Å². The summed E-state index contributed by atoms with van der Waals surface area (Å²) in [5.74, 6) is -0.904. The number of carbonyl (C=O) groups excluding carboxylic acids is 2. The van der Waals surface area contributed by atoms with Crippen LogP contribution >= 0.6 is 0 Å². The van der Waals surface area contributed by atoms with Crippen LogP contribution in [0.3, 0.4) is 0 Å². The van der Waals surface area contributed by atoms with Gasteiger partial charge in [0, 0.05) is 12.8 Å². The second-order valence-electron chi connectivity index (χ2n) is 20.8. The molecule has 2 aliphatic rings. The van der Waals surface area contributed by atoms with Crippen molar-refractivity contribution in [1.29, 1.82) is 0 Å². The lowest BCUT2D eigenvalue weighted by atomic mass is 9.98. The number of aliphatic hydroxyl groups is 7. The van der Waals surface area contributed by atoms with Gasteiger partial charge in [-0.3, -0.25) is 9.59 Å². The van der Waals surface area contributed by atoms with Crippen molar-refractivity contribution in [2.45, 2.75) is 319 Å². The lowest BCUT2D eigenvalue weighted by Gasteiger charge is -2.42. The number of unbranched alkanes of at least 4 members (excludes halogenated alkanes) is 33. The highest BCUT2D eigenvalue weighted by Gasteiger charge is 2.47. The van der Waals surface area contributed by atoms with Crippen LogP contribution in [0.5, 0.6) is 0 Å². The van der Waals surface area contributed by atoms with Gasteiger partial charge in [0.05, 0.1) is 19.8 Å². The molecule has 0 saturated carbocycles. The van der Waals surface area contributed by atoms with E-state index in [0.29, 0.717) is 12.8 Å². The Kier molecular flexibility index (Phi) is 40.4. The predicted molar refractivity (Wildman–Crippen MR) is 275 cm³/mol. The van der Waals surface area contributed by atoms with Crippen molar-refractivity contribution in [2.75, 3.05) is 26.4 Å². The van der Waals surface area contributed by atoms with Crippen LogP contribution < -0.4 is 0 Å². The van der Waals surface area contributed by atoms with Crippen LogP contribution in [0.2, 0.25) is 0 Å². The van der Waals surface area contributed by atoms with Gasteiger partial charge >= 0.3 is 11.9 Å². The molecule has 0 radical (unpaired) electrons. The highest BCUT2D eigenvalue weighted by molar-refractivity contribution is 5.70. The molecular weight excluding hydrogens is 913 g/mol. The first-order valence-corrected chi connectivity index (χ1v) is 29.1. The van der Waals surface area contributed by atoms with Gasteiger partial charge in [-0.15, -0.1) is 0 Å². The lowest BCUT2D eigenvalue weighted by molar-refractivity contribution is -0.332. The Hall–Kier alpha value is -1.50. The minimum atomic E-state index is -1.76. The van der Waals surface area contributed by atoms with E-state index >= 15 is 0 Å². The normalized spacial score (nSPS) is 25.1. The fourth-order valence-electron chi connectivity index (χ4n) is 9.57. The summed E-state index contributed by atoms with van der Waals surface area (Å²) in [6.45, 7) is 2.66. The highest BCUT2D eigenvalue weighted by Crippen LogP contribution is 2.27. The molecule has 11 unspecified atom stereocenters. The SMILES string of the molecule is CCCCCCCCCCCCCCCCCCCCC(=O)OC(COC(=O)CCCCCCCCCCCCCCCCCCC)COC1OC(COC2OC(CO)C(O)C(O)C2O)C(O)C(O)C1O. The fourth-order valence-corrected chi connectivity index (χ4v) is 9.57. The molecule has 0 bridgehead atoms. The first-order chi connectivity index (χ1) is 34.5. The number of carbonyl (C=O) groups is 2. The monoisotopic (exact) mass is 1020 g/mol. The van der Waals surface area contributed by atoms with Crippen molar-refractivity contribution < 1.29 is 73.8 Å². The third-order valence-corrected chi connectivity index (χ3v) is 14.3. The number of ether oxygens (including phenoxy) is 6. The third kappa shape index (κ3) is 31.2. The maximum Gasteiger partial charge on any atom is 0.306 e. The van der Waals surface area contributed by atoms with Gasteiger partial charge in [-0.25, -0.2) is 0 Å². The van der Waals surface area contributed by atoms with Crippen molar-refractivity contribution in [3.05, 3.63) is 0 Å². The summed E-state index contributed by atoms with van der Waals surface area (Å²) < 4.78 is 33.7. The molecule has 71 heavy (non-hydrogen) atoms. The highest BCUT2D eigenvalue weighted by atomic mass is 16.7. The zero-order valence-corrected chi connectivity index (χ0v) is 44.7. The van der Waals surface area contributed by atoms with E-state index in [1.807, 2.05) is 0 Å². The largest absolute Gasteiger partial charge is 0.462 e. The number of rotatable bonds is 47. The second kappa shape index (κ2) is 43.7. The molecule has 2 aliphatic heterocycles. The molecule has 0 aromatic rings. The molecule has 2 heterocycles. The average molecular weight is 1020 g/mol. The lowest BCUT2D eigenvalue weighted by Crippen LogP contribution is -2.61. The Morgan fingerprint density at radius 3 is 1.10 bits per heavy atom. The number of esters is 2. The van der Waals surface area contributed by atoms with Crippen LogP contribution in [0.15, 0.2) is 0 Å². The number of hydrogen-bond acceptors (Lipinski definition) is 15. The molecule has 0 aromatic heterocycles. The molecule has 420 valence electrons. The quantitative estimate of drug-likeness (QED) is 0.0222.